The predicted molar refractivity (Wildman–Crippen MR) is 173 cm³/mol. The smallest absolute Gasteiger partial charge is 0.0136 e. The first kappa shape index (κ1) is 22.3. The molecule has 0 nitrogen and oxygen atoms in total. The van der Waals surface area contributed by atoms with Crippen molar-refractivity contribution in [2.75, 3.05) is 0 Å². The highest BCUT2D eigenvalue weighted by Gasteiger charge is 2.18. The van der Waals surface area contributed by atoms with Gasteiger partial charge in [0.05, 0.1) is 0 Å². The lowest BCUT2D eigenvalue weighted by atomic mass is 9.85. The van der Waals surface area contributed by atoms with E-state index in [1.54, 1.807) is 0 Å². The van der Waals surface area contributed by atoms with Crippen molar-refractivity contribution in [1.82, 2.24) is 0 Å². The van der Waals surface area contributed by atoms with Crippen molar-refractivity contribution in [3.8, 4) is 22.3 Å². The van der Waals surface area contributed by atoms with E-state index in [1.165, 1.54) is 72.5 Å². The second-order valence-electron chi connectivity index (χ2n) is 9.25. The summed E-state index contributed by atoms with van der Waals surface area (Å²) < 4.78 is 2.49. The van der Waals surface area contributed by atoms with Gasteiger partial charge in [-0.3, -0.25) is 0 Å². The molecule has 0 spiro atoms. The quantitative estimate of drug-likeness (QED) is 0.126. The Morgan fingerprint density at radius 3 is 1.19 bits per heavy atom. The lowest BCUT2D eigenvalue weighted by Crippen LogP contribution is -1.92. The van der Waals surface area contributed by atoms with Crippen molar-refractivity contribution in [2.45, 2.75) is 0 Å². The van der Waals surface area contributed by atoms with Gasteiger partial charge < -0.3 is 0 Å². The van der Waals surface area contributed by atoms with Crippen LogP contribution in [-0.2, 0) is 0 Å². The molecule has 0 amide bonds. The maximum atomic E-state index is 2.44. The predicted octanol–water partition coefficient (Wildman–Crippen LogP) is 10.8. The molecule has 0 aliphatic heterocycles. The third kappa shape index (κ3) is 3.70. The molecule has 7 rings (SSSR count). The summed E-state index contributed by atoms with van der Waals surface area (Å²) in [5, 5.41) is 10.3. The Hall–Kier alpha value is -2.96. The summed E-state index contributed by atoms with van der Waals surface area (Å²) in [5.41, 5.74) is 5.14. The molecule has 0 fully saturated rings. The van der Waals surface area contributed by atoms with Gasteiger partial charge in [-0.15, -0.1) is 0 Å². The van der Waals surface area contributed by atoms with Gasteiger partial charge in [-0.05, 0) is 147 Å². The van der Waals surface area contributed by atoms with Crippen LogP contribution < -0.4 is 0 Å². The number of hydrogen-bond donors (Lipinski definition) is 0. The lowest BCUT2D eigenvalue weighted by Gasteiger charge is -2.19. The molecule has 0 saturated heterocycles. The van der Waals surface area contributed by atoms with Crippen molar-refractivity contribution < 1.29 is 0 Å². The fraction of sp³-hybridized carbons (Fsp3) is 0. The minimum atomic E-state index is 1.25. The van der Waals surface area contributed by atoms with E-state index in [9.17, 15) is 0 Å². The Bertz CT molecular complexity index is 1820. The van der Waals surface area contributed by atoms with E-state index in [1.807, 2.05) is 0 Å². The van der Waals surface area contributed by atoms with Crippen LogP contribution in [0.4, 0.5) is 0 Å². The normalized spacial score (nSPS) is 11.6. The lowest BCUT2D eigenvalue weighted by molar-refractivity contribution is 1.65. The van der Waals surface area contributed by atoms with E-state index in [0.717, 1.165) is 0 Å². The van der Waals surface area contributed by atoms with Crippen molar-refractivity contribution in [3.63, 3.8) is 0 Å². The van der Waals surface area contributed by atoms with Gasteiger partial charge in [-0.1, -0.05) is 84.9 Å². The van der Waals surface area contributed by atoms with Crippen molar-refractivity contribution in [1.29, 1.82) is 0 Å². The highest BCUT2D eigenvalue weighted by atomic mass is 127. The third-order valence-corrected chi connectivity index (χ3v) is 8.46. The van der Waals surface area contributed by atoms with E-state index in [4.69, 9.17) is 0 Å². The monoisotopic (exact) mass is 682 g/mol. The van der Waals surface area contributed by atoms with E-state index in [0.29, 0.717) is 0 Å². The molecule has 0 bridgehead atoms. The Labute approximate surface area is 237 Å². The second kappa shape index (κ2) is 8.86. The third-order valence-electron chi connectivity index (χ3n) is 7.12. The first-order valence-electron chi connectivity index (χ1n) is 12.0. The van der Waals surface area contributed by atoms with E-state index in [2.05, 4.69) is 167 Å². The van der Waals surface area contributed by atoms with E-state index in [-0.39, 0.29) is 0 Å². The molecule has 7 aromatic carbocycles. The molecular weight excluding hydrogens is 662 g/mol. The van der Waals surface area contributed by atoms with Crippen molar-refractivity contribution in [3.05, 3.63) is 128 Å². The van der Waals surface area contributed by atoms with Gasteiger partial charge in [-0.2, -0.15) is 0 Å². The Balaban J connectivity index is 1.64. The zero-order chi connectivity index (χ0) is 24.2. The number of hydrogen-bond acceptors (Lipinski definition) is 0. The van der Waals surface area contributed by atoms with Crippen LogP contribution in [0.3, 0.4) is 0 Å². The van der Waals surface area contributed by atoms with Gasteiger partial charge in [0.2, 0.25) is 0 Å². The van der Waals surface area contributed by atoms with Gasteiger partial charge in [0, 0.05) is 7.14 Å². The maximum Gasteiger partial charge on any atom is 0.0136 e. The molecule has 0 atom stereocenters. The van der Waals surface area contributed by atoms with E-state index < -0.39 is 0 Å². The molecule has 0 aliphatic rings. The van der Waals surface area contributed by atoms with Gasteiger partial charge in [0.1, 0.15) is 0 Å². The summed E-state index contributed by atoms with van der Waals surface area (Å²) in [6.07, 6.45) is 0. The molecule has 36 heavy (non-hydrogen) atoms. The van der Waals surface area contributed by atoms with Crippen LogP contribution >= 0.6 is 45.2 Å². The summed E-state index contributed by atoms with van der Waals surface area (Å²) in [7, 11) is 0. The topological polar surface area (TPSA) is 0 Å². The average molecular weight is 682 g/mol. The number of benzene rings is 7. The zero-order valence-corrected chi connectivity index (χ0v) is 23.6. The number of fused-ring (bicyclic) bond motifs is 4. The Morgan fingerprint density at radius 1 is 0.333 bits per heavy atom. The van der Waals surface area contributed by atoms with Crippen LogP contribution in [0.2, 0.25) is 0 Å². The standard InChI is InChI=1S/C34H20I2/c35-27-14-16-30-31(19-27)33(25-11-9-21-5-1-3-7-23(21)17-25)29-15-13-28(36)20-32(29)34(30)26-12-10-22-6-2-4-8-24(22)18-26/h1-20H. The Kier molecular flexibility index (Phi) is 5.47. The molecule has 0 radical (unpaired) electrons. The molecule has 0 unspecified atom stereocenters. The van der Waals surface area contributed by atoms with E-state index >= 15 is 0 Å². The second-order valence-corrected chi connectivity index (χ2v) is 11.7. The first-order chi connectivity index (χ1) is 17.7. The fourth-order valence-electron chi connectivity index (χ4n) is 5.48. The van der Waals surface area contributed by atoms with Crippen LogP contribution in [0.1, 0.15) is 0 Å². The molecule has 0 heterocycles. The molecular formula is C34H20I2. The summed E-state index contributed by atoms with van der Waals surface area (Å²) in [4.78, 5) is 0. The molecule has 0 aliphatic carbocycles. The van der Waals surface area contributed by atoms with Crippen LogP contribution in [0, 0.1) is 7.14 Å². The van der Waals surface area contributed by atoms with Crippen molar-refractivity contribution >= 4 is 88.3 Å². The van der Waals surface area contributed by atoms with Gasteiger partial charge >= 0.3 is 0 Å². The first-order valence-corrected chi connectivity index (χ1v) is 14.1. The van der Waals surface area contributed by atoms with Gasteiger partial charge in [0.25, 0.3) is 0 Å². The molecule has 0 saturated carbocycles. The fourth-order valence-corrected chi connectivity index (χ4v) is 6.47. The van der Waals surface area contributed by atoms with Crippen LogP contribution in [0.5, 0.6) is 0 Å². The van der Waals surface area contributed by atoms with Crippen LogP contribution in [0.15, 0.2) is 121 Å². The van der Waals surface area contributed by atoms with Crippen LogP contribution in [-0.4, -0.2) is 0 Å². The zero-order valence-electron chi connectivity index (χ0n) is 19.3. The maximum absolute atomic E-state index is 2.44. The largest absolute Gasteiger partial charge is 0.0616 e. The molecule has 170 valence electrons. The summed E-state index contributed by atoms with van der Waals surface area (Å²) in [5.74, 6) is 0. The van der Waals surface area contributed by atoms with Crippen molar-refractivity contribution in [2.24, 2.45) is 0 Å². The van der Waals surface area contributed by atoms with Gasteiger partial charge in [-0.25, -0.2) is 0 Å². The number of halogens is 2. The van der Waals surface area contributed by atoms with Gasteiger partial charge in [0.15, 0.2) is 0 Å². The molecule has 7 aromatic rings. The highest BCUT2D eigenvalue weighted by molar-refractivity contribution is 14.1. The summed E-state index contributed by atoms with van der Waals surface area (Å²) in [6, 6.07) is 44.8. The summed E-state index contributed by atoms with van der Waals surface area (Å²) in [6.45, 7) is 0. The Morgan fingerprint density at radius 2 is 0.750 bits per heavy atom. The highest BCUT2D eigenvalue weighted by Crippen LogP contribution is 2.45. The molecule has 0 aromatic heterocycles. The molecule has 2 heteroatoms. The average Bonchev–Trinajstić information content (AvgIpc) is 2.91. The minimum Gasteiger partial charge on any atom is -0.0616 e. The minimum absolute atomic E-state index is 1.25. The molecule has 0 N–H and O–H groups in total. The number of rotatable bonds is 2. The summed E-state index contributed by atoms with van der Waals surface area (Å²) >= 11 is 4.89. The SMILES string of the molecule is Ic1ccc2c(-c3ccc4ccccc4c3)c3cc(I)ccc3c(-c3ccc4ccccc4c3)c2c1. The van der Waals surface area contributed by atoms with Crippen LogP contribution in [0.25, 0.3) is 65.3 Å².